The van der Waals surface area contributed by atoms with Gasteiger partial charge in [0.2, 0.25) is 0 Å². The van der Waals surface area contributed by atoms with Crippen LogP contribution in [0.5, 0.6) is 0 Å². The number of halogens is 2. The lowest BCUT2D eigenvalue weighted by molar-refractivity contribution is 0.0922. The maximum absolute atomic E-state index is 13.7. The maximum atomic E-state index is 13.7. The van der Waals surface area contributed by atoms with Crippen molar-refractivity contribution in [1.29, 1.82) is 0 Å². The van der Waals surface area contributed by atoms with Crippen LogP contribution in [0.4, 0.5) is 4.39 Å². The van der Waals surface area contributed by atoms with Gasteiger partial charge in [-0.25, -0.2) is 4.39 Å². The zero-order valence-corrected chi connectivity index (χ0v) is 12.8. The van der Waals surface area contributed by atoms with Crippen LogP contribution in [0, 0.1) is 5.82 Å². The van der Waals surface area contributed by atoms with Gasteiger partial charge in [0.1, 0.15) is 11.5 Å². The molecule has 3 rings (SSSR count). The second kappa shape index (κ2) is 6.06. The number of hydrogen-bond donors (Lipinski definition) is 2. The molecule has 1 amide bonds. The molecule has 5 nitrogen and oxygen atoms in total. The van der Waals surface area contributed by atoms with Gasteiger partial charge in [0.05, 0.1) is 17.1 Å². The van der Waals surface area contributed by atoms with Crippen LogP contribution in [0.25, 0.3) is 0 Å². The molecule has 22 heavy (non-hydrogen) atoms. The molecule has 0 spiro atoms. The third-order valence-corrected chi connectivity index (χ3v) is 4.30. The number of likely N-dealkylation sites (tertiary alicyclic amines) is 1. The Kier molecular flexibility index (Phi) is 4.13. The second-order valence-electron chi connectivity index (χ2n) is 5.44. The Balaban J connectivity index is 1.81. The minimum absolute atomic E-state index is 0.0846. The van der Waals surface area contributed by atoms with Crippen molar-refractivity contribution < 1.29 is 9.18 Å². The van der Waals surface area contributed by atoms with Crippen molar-refractivity contribution in [3.05, 3.63) is 52.6 Å². The Morgan fingerprint density at radius 3 is 3.00 bits per heavy atom. The molecule has 1 aromatic heterocycles. The van der Waals surface area contributed by atoms with Gasteiger partial charge < -0.3 is 5.32 Å². The van der Waals surface area contributed by atoms with Crippen LogP contribution in [0.1, 0.15) is 28.5 Å². The van der Waals surface area contributed by atoms with E-state index in [4.69, 9.17) is 11.6 Å². The first-order valence-electron chi connectivity index (χ1n) is 7.01. The Morgan fingerprint density at radius 2 is 2.32 bits per heavy atom. The lowest BCUT2D eigenvalue weighted by Crippen LogP contribution is -2.39. The van der Waals surface area contributed by atoms with Crippen LogP contribution < -0.4 is 5.32 Å². The monoisotopic (exact) mass is 322 g/mol. The van der Waals surface area contributed by atoms with E-state index in [9.17, 15) is 9.18 Å². The summed E-state index contributed by atoms with van der Waals surface area (Å²) in [6.07, 6.45) is 2.33. The standard InChI is InChI=1S/C15H16ClFN4O/c1-21-7-5-12(19-15(22)13-4-6-18-20-13)14(21)9-2-3-10(16)11(17)8-9/h2-4,6,8,12,14H,5,7H2,1H3,(H,18,20)(H,19,22)/t12-,14+/m1/s1. The Morgan fingerprint density at radius 1 is 1.50 bits per heavy atom. The number of aromatic amines is 1. The molecule has 1 fully saturated rings. The molecule has 7 heteroatoms. The van der Waals surface area contributed by atoms with Crippen molar-refractivity contribution in [2.24, 2.45) is 0 Å². The number of carbonyl (C=O) groups is 1. The fourth-order valence-corrected chi connectivity index (χ4v) is 3.03. The summed E-state index contributed by atoms with van der Waals surface area (Å²) >= 11 is 5.74. The molecular weight excluding hydrogens is 307 g/mol. The highest BCUT2D eigenvalue weighted by molar-refractivity contribution is 6.30. The van der Waals surface area contributed by atoms with Crippen LogP contribution in [-0.4, -0.2) is 40.6 Å². The van der Waals surface area contributed by atoms with Gasteiger partial charge in [0.15, 0.2) is 0 Å². The molecule has 116 valence electrons. The quantitative estimate of drug-likeness (QED) is 0.912. The minimum Gasteiger partial charge on any atom is -0.346 e. The lowest BCUT2D eigenvalue weighted by Gasteiger charge is -2.26. The summed E-state index contributed by atoms with van der Waals surface area (Å²) in [5.74, 6) is -0.657. The van der Waals surface area contributed by atoms with Crippen molar-refractivity contribution >= 4 is 17.5 Å². The van der Waals surface area contributed by atoms with Crippen LogP contribution in [0.2, 0.25) is 5.02 Å². The van der Waals surface area contributed by atoms with Gasteiger partial charge in [-0.1, -0.05) is 17.7 Å². The average molecular weight is 323 g/mol. The molecule has 0 bridgehead atoms. The predicted octanol–water partition coefficient (Wildman–Crippen LogP) is 2.38. The number of aromatic nitrogens is 2. The van der Waals surface area contributed by atoms with Crippen molar-refractivity contribution in [3.63, 3.8) is 0 Å². The summed E-state index contributed by atoms with van der Waals surface area (Å²) in [5, 5.41) is 9.50. The summed E-state index contributed by atoms with van der Waals surface area (Å²) in [5.41, 5.74) is 1.22. The molecule has 1 aromatic carbocycles. The Labute approximate surface area is 132 Å². The number of nitrogens with zero attached hydrogens (tertiary/aromatic N) is 2. The normalized spacial score (nSPS) is 22.0. The molecule has 0 radical (unpaired) electrons. The van der Waals surface area contributed by atoms with Gasteiger partial charge in [-0.05, 0) is 37.2 Å². The third-order valence-electron chi connectivity index (χ3n) is 4.00. The Hall–Kier alpha value is -1.92. The van der Waals surface area contributed by atoms with E-state index in [2.05, 4.69) is 20.4 Å². The van der Waals surface area contributed by atoms with Crippen LogP contribution in [-0.2, 0) is 0 Å². The van der Waals surface area contributed by atoms with Crippen LogP contribution in [0.15, 0.2) is 30.5 Å². The first kappa shape index (κ1) is 15.0. The van der Waals surface area contributed by atoms with Crippen molar-refractivity contribution in [2.45, 2.75) is 18.5 Å². The lowest BCUT2D eigenvalue weighted by atomic mass is 10.00. The number of nitrogens with one attached hydrogen (secondary N) is 2. The summed E-state index contributed by atoms with van der Waals surface area (Å²) in [4.78, 5) is 14.3. The zero-order chi connectivity index (χ0) is 15.7. The van der Waals surface area contributed by atoms with E-state index in [0.29, 0.717) is 5.69 Å². The minimum atomic E-state index is -0.446. The first-order chi connectivity index (χ1) is 10.6. The molecule has 1 aliphatic heterocycles. The molecule has 1 saturated heterocycles. The molecule has 2 aromatic rings. The van der Waals surface area contributed by atoms with Gasteiger partial charge in [-0.3, -0.25) is 14.8 Å². The smallest absolute Gasteiger partial charge is 0.269 e. The van der Waals surface area contributed by atoms with Gasteiger partial charge >= 0.3 is 0 Å². The molecule has 0 saturated carbocycles. The highest BCUT2D eigenvalue weighted by Crippen LogP contribution is 2.32. The predicted molar refractivity (Wildman–Crippen MR) is 81.2 cm³/mol. The van der Waals surface area contributed by atoms with E-state index in [-0.39, 0.29) is 23.0 Å². The molecule has 2 heterocycles. The first-order valence-corrected chi connectivity index (χ1v) is 7.39. The largest absolute Gasteiger partial charge is 0.346 e. The highest BCUT2D eigenvalue weighted by Gasteiger charge is 2.34. The second-order valence-corrected chi connectivity index (χ2v) is 5.85. The van der Waals surface area contributed by atoms with Gasteiger partial charge in [0.25, 0.3) is 5.91 Å². The van der Waals surface area contributed by atoms with Crippen molar-refractivity contribution in [2.75, 3.05) is 13.6 Å². The SMILES string of the molecule is CN1CC[C@@H](NC(=O)c2ccn[nH]2)[C@@H]1c1ccc(Cl)c(F)c1. The molecule has 0 unspecified atom stereocenters. The number of hydrogen-bond acceptors (Lipinski definition) is 3. The number of carbonyl (C=O) groups excluding carboxylic acids is 1. The summed E-state index contributed by atoms with van der Waals surface area (Å²) in [7, 11) is 1.96. The van der Waals surface area contributed by atoms with Gasteiger partial charge in [-0.15, -0.1) is 0 Å². The van der Waals surface area contributed by atoms with E-state index >= 15 is 0 Å². The number of H-pyrrole nitrogens is 1. The van der Waals surface area contributed by atoms with Crippen LogP contribution in [0.3, 0.4) is 0 Å². The number of amides is 1. The summed E-state index contributed by atoms with van der Waals surface area (Å²) < 4.78 is 13.7. The van der Waals surface area contributed by atoms with Crippen molar-refractivity contribution in [1.82, 2.24) is 20.4 Å². The zero-order valence-electron chi connectivity index (χ0n) is 12.0. The topological polar surface area (TPSA) is 61.0 Å². The van der Waals surface area contributed by atoms with E-state index in [1.165, 1.54) is 12.3 Å². The van der Waals surface area contributed by atoms with E-state index in [1.54, 1.807) is 18.2 Å². The fourth-order valence-electron chi connectivity index (χ4n) is 2.91. The van der Waals surface area contributed by atoms with E-state index in [1.807, 2.05) is 7.05 Å². The molecule has 2 atom stereocenters. The van der Waals surface area contributed by atoms with E-state index < -0.39 is 5.82 Å². The maximum Gasteiger partial charge on any atom is 0.269 e. The van der Waals surface area contributed by atoms with Gasteiger partial charge in [0, 0.05) is 12.7 Å². The molecule has 1 aliphatic rings. The van der Waals surface area contributed by atoms with E-state index in [0.717, 1.165) is 18.5 Å². The van der Waals surface area contributed by atoms with Crippen molar-refractivity contribution in [3.8, 4) is 0 Å². The highest BCUT2D eigenvalue weighted by atomic mass is 35.5. The fraction of sp³-hybridized carbons (Fsp3) is 0.333. The number of rotatable bonds is 3. The Bertz CT molecular complexity index is 676. The van der Waals surface area contributed by atoms with Gasteiger partial charge in [-0.2, -0.15) is 5.10 Å². The average Bonchev–Trinajstić information content (AvgIpc) is 3.13. The number of likely N-dealkylation sites (N-methyl/N-ethyl adjacent to an activating group) is 1. The van der Waals surface area contributed by atoms with Crippen LogP contribution >= 0.6 is 11.6 Å². The summed E-state index contributed by atoms with van der Waals surface area (Å²) in [6, 6.07) is 6.22. The third kappa shape index (κ3) is 2.84. The molecule has 0 aliphatic carbocycles. The molecule has 2 N–H and O–H groups in total. The summed E-state index contributed by atoms with van der Waals surface area (Å²) in [6.45, 7) is 0.822. The molecular formula is C15H16ClFN4O. The number of benzene rings is 1.